The SMILES string of the molecule is CCCOc1cccc(C(=O)N(CC)CCC#N)c1. The minimum absolute atomic E-state index is 0.0558. The van der Waals surface area contributed by atoms with Gasteiger partial charge >= 0.3 is 0 Å². The molecule has 0 aliphatic carbocycles. The van der Waals surface area contributed by atoms with Crippen molar-refractivity contribution >= 4 is 5.91 Å². The highest BCUT2D eigenvalue weighted by Gasteiger charge is 2.14. The van der Waals surface area contributed by atoms with Crippen LogP contribution in [0.15, 0.2) is 24.3 Å². The average molecular weight is 260 g/mol. The number of hydrogen-bond donors (Lipinski definition) is 0. The monoisotopic (exact) mass is 260 g/mol. The van der Waals surface area contributed by atoms with Gasteiger partial charge in [0.05, 0.1) is 19.1 Å². The number of benzene rings is 1. The minimum Gasteiger partial charge on any atom is -0.494 e. The molecule has 0 fully saturated rings. The highest BCUT2D eigenvalue weighted by molar-refractivity contribution is 5.94. The van der Waals surface area contributed by atoms with Crippen LogP contribution in [-0.2, 0) is 0 Å². The summed E-state index contributed by atoms with van der Waals surface area (Å²) in [6.07, 6.45) is 1.28. The highest BCUT2D eigenvalue weighted by atomic mass is 16.5. The zero-order valence-corrected chi connectivity index (χ0v) is 11.6. The van der Waals surface area contributed by atoms with Crippen LogP contribution in [0.3, 0.4) is 0 Å². The van der Waals surface area contributed by atoms with Crippen molar-refractivity contribution in [1.82, 2.24) is 4.90 Å². The summed E-state index contributed by atoms with van der Waals surface area (Å²) in [5.74, 6) is 0.656. The van der Waals surface area contributed by atoms with Crippen molar-refractivity contribution < 1.29 is 9.53 Å². The fraction of sp³-hybridized carbons (Fsp3) is 0.467. The van der Waals surface area contributed by atoms with Crippen LogP contribution < -0.4 is 4.74 Å². The van der Waals surface area contributed by atoms with Gasteiger partial charge in [-0.05, 0) is 31.5 Å². The number of amides is 1. The molecule has 0 unspecified atom stereocenters. The van der Waals surface area contributed by atoms with Crippen LogP contribution in [0.25, 0.3) is 0 Å². The fourth-order valence-electron chi connectivity index (χ4n) is 1.71. The van der Waals surface area contributed by atoms with Gasteiger partial charge in [0.1, 0.15) is 5.75 Å². The van der Waals surface area contributed by atoms with E-state index in [2.05, 4.69) is 6.07 Å². The molecule has 102 valence electrons. The van der Waals surface area contributed by atoms with Gasteiger partial charge < -0.3 is 9.64 Å². The summed E-state index contributed by atoms with van der Waals surface area (Å²) in [4.78, 5) is 13.9. The number of rotatable bonds is 7. The summed E-state index contributed by atoms with van der Waals surface area (Å²) < 4.78 is 5.52. The van der Waals surface area contributed by atoms with E-state index in [0.717, 1.165) is 6.42 Å². The quantitative estimate of drug-likeness (QED) is 0.757. The molecule has 0 heterocycles. The lowest BCUT2D eigenvalue weighted by atomic mass is 10.2. The third kappa shape index (κ3) is 4.63. The van der Waals surface area contributed by atoms with E-state index >= 15 is 0 Å². The van der Waals surface area contributed by atoms with Crippen molar-refractivity contribution in [2.75, 3.05) is 19.7 Å². The Morgan fingerprint density at radius 2 is 2.21 bits per heavy atom. The normalized spacial score (nSPS) is 9.74. The van der Waals surface area contributed by atoms with E-state index in [-0.39, 0.29) is 5.91 Å². The molecule has 0 bridgehead atoms. The molecular weight excluding hydrogens is 240 g/mol. The molecule has 0 saturated carbocycles. The van der Waals surface area contributed by atoms with Crippen molar-refractivity contribution in [3.05, 3.63) is 29.8 Å². The molecule has 0 aliphatic rings. The molecular formula is C15H20N2O2. The van der Waals surface area contributed by atoms with Crippen LogP contribution >= 0.6 is 0 Å². The lowest BCUT2D eigenvalue weighted by Crippen LogP contribution is -2.31. The third-order valence-corrected chi connectivity index (χ3v) is 2.72. The second-order valence-electron chi connectivity index (χ2n) is 4.17. The van der Waals surface area contributed by atoms with Crippen LogP contribution in [0, 0.1) is 11.3 Å². The molecule has 0 saturated heterocycles. The number of carbonyl (C=O) groups is 1. The van der Waals surface area contributed by atoms with E-state index in [1.807, 2.05) is 26.0 Å². The van der Waals surface area contributed by atoms with E-state index < -0.39 is 0 Å². The smallest absolute Gasteiger partial charge is 0.254 e. The summed E-state index contributed by atoms with van der Waals surface area (Å²) in [5.41, 5.74) is 0.605. The topological polar surface area (TPSA) is 53.3 Å². The second kappa shape index (κ2) is 8.15. The molecule has 19 heavy (non-hydrogen) atoms. The Kier molecular flexibility index (Phi) is 6.45. The summed E-state index contributed by atoms with van der Waals surface area (Å²) in [7, 11) is 0. The maximum atomic E-state index is 12.3. The molecule has 0 N–H and O–H groups in total. The van der Waals surface area contributed by atoms with E-state index in [1.54, 1.807) is 17.0 Å². The van der Waals surface area contributed by atoms with Gasteiger partial charge in [0.25, 0.3) is 5.91 Å². The van der Waals surface area contributed by atoms with Crippen molar-refractivity contribution in [2.45, 2.75) is 26.7 Å². The highest BCUT2D eigenvalue weighted by Crippen LogP contribution is 2.15. The standard InChI is InChI=1S/C15H20N2O2/c1-3-11-19-14-8-5-7-13(12-14)15(18)17(4-2)10-6-9-16/h5,7-8,12H,3-4,6,10-11H2,1-2H3. The van der Waals surface area contributed by atoms with Crippen LogP contribution in [-0.4, -0.2) is 30.5 Å². The summed E-state index contributed by atoms with van der Waals surface area (Å²) in [6.45, 7) is 5.65. The second-order valence-corrected chi connectivity index (χ2v) is 4.17. The predicted octanol–water partition coefficient (Wildman–Crippen LogP) is 2.85. The van der Waals surface area contributed by atoms with Crippen molar-refractivity contribution in [3.8, 4) is 11.8 Å². The average Bonchev–Trinajstić information content (AvgIpc) is 2.46. The van der Waals surface area contributed by atoms with Gasteiger partial charge in [-0.2, -0.15) is 5.26 Å². The number of carbonyl (C=O) groups excluding carboxylic acids is 1. The molecule has 4 nitrogen and oxygen atoms in total. The van der Waals surface area contributed by atoms with Crippen molar-refractivity contribution in [2.24, 2.45) is 0 Å². The van der Waals surface area contributed by atoms with Crippen LogP contribution in [0.4, 0.5) is 0 Å². The van der Waals surface area contributed by atoms with E-state index in [0.29, 0.717) is 37.4 Å². The lowest BCUT2D eigenvalue weighted by molar-refractivity contribution is 0.0767. The van der Waals surface area contributed by atoms with Gasteiger partial charge in [-0.1, -0.05) is 13.0 Å². The van der Waals surface area contributed by atoms with E-state index in [9.17, 15) is 4.79 Å². The first-order chi connectivity index (χ1) is 9.22. The van der Waals surface area contributed by atoms with Crippen molar-refractivity contribution in [3.63, 3.8) is 0 Å². The Hall–Kier alpha value is -2.02. The molecule has 0 aliphatic heterocycles. The summed E-state index contributed by atoms with van der Waals surface area (Å²) in [6, 6.07) is 9.25. The first-order valence-corrected chi connectivity index (χ1v) is 6.62. The Morgan fingerprint density at radius 1 is 1.42 bits per heavy atom. The summed E-state index contributed by atoms with van der Waals surface area (Å²) in [5, 5.41) is 8.60. The number of hydrogen-bond acceptors (Lipinski definition) is 3. The Balaban J connectivity index is 2.77. The van der Waals surface area contributed by atoms with Crippen LogP contribution in [0.1, 0.15) is 37.0 Å². The lowest BCUT2D eigenvalue weighted by Gasteiger charge is -2.19. The van der Waals surface area contributed by atoms with Gasteiger partial charge in [0, 0.05) is 18.7 Å². The first kappa shape index (κ1) is 15.0. The number of ether oxygens (including phenoxy) is 1. The molecule has 1 aromatic carbocycles. The van der Waals surface area contributed by atoms with Crippen molar-refractivity contribution in [1.29, 1.82) is 5.26 Å². The van der Waals surface area contributed by atoms with E-state index in [4.69, 9.17) is 10.00 Å². The Bertz CT molecular complexity index is 452. The Morgan fingerprint density at radius 3 is 2.84 bits per heavy atom. The molecule has 0 aromatic heterocycles. The van der Waals surface area contributed by atoms with Crippen LogP contribution in [0.2, 0.25) is 0 Å². The molecule has 0 radical (unpaired) electrons. The Labute approximate surface area is 114 Å². The predicted molar refractivity (Wildman–Crippen MR) is 74.0 cm³/mol. The van der Waals surface area contributed by atoms with Gasteiger partial charge in [-0.15, -0.1) is 0 Å². The molecule has 0 spiro atoms. The molecule has 0 atom stereocenters. The number of nitrogens with zero attached hydrogens (tertiary/aromatic N) is 2. The first-order valence-electron chi connectivity index (χ1n) is 6.62. The minimum atomic E-state index is -0.0558. The third-order valence-electron chi connectivity index (χ3n) is 2.72. The maximum Gasteiger partial charge on any atom is 0.254 e. The van der Waals surface area contributed by atoms with Gasteiger partial charge in [0.15, 0.2) is 0 Å². The fourth-order valence-corrected chi connectivity index (χ4v) is 1.71. The zero-order chi connectivity index (χ0) is 14.1. The number of nitriles is 1. The van der Waals surface area contributed by atoms with Gasteiger partial charge in [-0.3, -0.25) is 4.79 Å². The molecule has 1 aromatic rings. The molecule has 4 heteroatoms. The summed E-state index contributed by atoms with van der Waals surface area (Å²) >= 11 is 0. The van der Waals surface area contributed by atoms with Crippen LogP contribution in [0.5, 0.6) is 5.75 Å². The maximum absolute atomic E-state index is 12.3. The molecule has 1 rings (SSSR count). The zero-order valence-electron chi connectivity index (χ0n) is 11.6. The largest absolute Gasteiger partial charge is 0.494 e. The van der Waals surface area contributed by atoms with Gasteiger partial charge in [-0.25, -0.2) is 0 Å². The van der Waals surface area contributed by atoms with Gasteiger partial charge in [0.2, 0.25) is 0 Å². The molecule has 1 amide bonds. The van der Waals surface area contributed by atoms with E-state index in [1.165, 1.54) is 0 Å².